The van der Waals surface area contributed by atoms with Crippen molar-refractivity contribution in [2.45, 2.75) is 6.42 Å². The number of amides is 2. The number of halogens is 2. The van der Waals surface area contributed by atoms with Crippen LogP contribution in [-0.4, -0.2) is 56.2 Å². The highest BCUT2D eigenvalue weighted by molar-refractivity contribution is 7.73. The van der Waals surface area contributed by atoms with Crippen LogP contribution in [0.2, 0.25) is 0 Å². The van der Waals surface area contributed by atoms with Crippen molar-refractivity contribution in [2.75, 3.05) is 30.9 Å². The normalized spacial score (nSPS) is 14.6. The monoisotopic (exact) mass is 423 g/mol. The third-order valence-corrected chi connectivity index (χ3v) is 5.04. The van der Waals surface area contributed by atoms with Crippen molar-refractivity contribution in [1.29, 1.82) is 0 Å². The minimum Gasteiger partial charge on any atom is -0.337 e. The van der Waals surface area contributed by atoms with Crippen LogP contribution in [0.5, 0.6) is 0 Å². The van der Waals surface area contributed by atoms with Crippen molar-refractivity contribution in [3.8, 4) is 0 Å². The first kappa shape index (κ1) is 20.7. The molecule has 2 aromatic carbocycles. The lowest BCUT2D eigenvalue weighted by atomic mass is 10.1. The molecular formula is C19H19F2N3O4S. The van der Waals surface area contributed by atoms with Crippen LogP contribution in [0, 0.1) is 11.6 Å². The number of rotatable bonds is 4. The lowest BCUT2D eigenvalue weighted by molar-refractivity contribution is 0.0713. The fraction of sp³-hybridized carbons (Fsp3) is 0.263. The van der Waals surface area contributed by atoms with Gasteiger partial charge in [0.25, 0.3) is 11.8 Å². The molecule has 2 aromatic rings. The minimum atomic E-state index is -2.79. The van der Waals surface area contributed by atoms with E-state index in [1.54, 1.807) is 4.90 Å². The average molecular weight is 423 g/mol. The maximum atomic E-state index is 13.9. The van der Waals surface area contributed by atoms with Crippen molar-refractivity contribution in [2.24, 2.45) is 0 Å². The van der Waals surface area contributed by atoms with Gasteiger partial charge in [0.05, 0.1) is 0 Å². The molecular weight excluding hydrogens is 404 g/mol. The second-order valence-corrected chi connectivity index (χ2v) is 7.22. The van der Waals surface area contributed by atoms with Crippen LogP contribution in [0.1, 0.15) is 27.1 Å². The van der Waals surface area contributed by atoms with Gasteiger partial charge in [0.15, 0.2) is 0 Å². The molecule has 1 aliphatic heterocycles. The Hall–Kier alpha value is -3.01. The van der Waals surface area contributed by atoms with E-state index in [1.165, 1.54) is 35.2 Å². The molecule has 1 N–H and O–H groups in total. The van der Waals surface area contributed by atoms with E-state index in [4.69, 9.17) is 0 Å². The van der Waals surface area contributed by atoms with E-state index in [9.17, 15) is 26.8 Å². The van der Waals surface area contributed by atoms with Gasteiger partial charge in [-0.05, 0) is 42.8 Å². The molecule has 2 amide bonds. The molecule has 0 spiro atoms. The van der Waals surface area contributed by atoms with Gasteiger partial charge in [-0.1, -0.05) is 6.07 Å². The van der Waals surface area contributed by atoms with Gasteiger partial charge in [-0.3, -0.25) is 14.3 Å². The summed E-state index contributed by atoms with van der Waals surface area (Å²) in [5.74, 6) is -2.84. The lowest BCUT2D eigenvalue weighted by Gasteiger charge is -2.22. The highest BCUT2D eigenvalue weighted by Crippen LogP contribution is 2.17. The minimum absolute atomic E-state index is 0.147. The number of hydrogen-bond donors (Lipinski definition) is 2. The second kappa shape index (κ2) is 8.99. The maximum absolute atomic E-state index is 13.9. The predicted molar refractivity (Wildman–Crippen MR) is 103 cm³/mol. The van der Waals surface area contributed by atoms with Crippen molar-refractivity contribution >= 4 is 28.4 Å². The topological polar surface area (TPSA) is 86.8 Å². The van der Waals surface area contributed by atoms with Gasteiger partial charge in [-0.2, -0.15) is 0 Å². The van der Waals surface area contributed by atoms with Crippen LogP contribution in [-0.2, 0) is 10.9 Å². The van der Waals surface area contributed by atoms with E-state index >= 15 is 0 Å². The molecule has 0 radical (unpaired) electrons. The molecule has 0 atom stereocenters. The average Bonchev–Trinajstić information content (AvgIpc) is 2.93. The Bertz CT molecular complexity index is 967. The molecule has 154 valence electrons. The molecule has 0 aliphatic carbocycles. The Morgan fingerprint density at radius 1 is 0.828 bits per heavy atom. The zero-order valence-electron chi connectivity index (χ0n) is 15.3. The van der Waals surface area contributed by atoms with Crippen LogP contribution in [0.4, 0.5) is 14.5 Å². The van der Waals surface area contributed by atoms with Crippen molar-refractivity contribution in [1.82, 2.24) is 9.80 Å². The van der Waals surface area contributed by atoms with Crippen LogP contribution in [0.3, 0.4) is 0 Å². The Morgan fingerprint density at radius 3 is 1.93 bits per heavy atom. The smallest absolute Gasteiger partial charge is 0.259 e. The highest BCUT2D eigenvalue weighted by Gasteiger charge is 2.26. The number of thiol groups is 1. The number of anilines is 1. The molecule has 0 aromatic heterocycles. The van der Waals surface area contributed by atoms with Gasteiger partial charge in [0.2, 0.25) is 10.9 Å². The summed E-state index contributed by atoms with van der Waals surface area (Å²) in [6, 6.07) is 9.23. The van der Waals surface area contributed by atoms with E-state index in [0.717, 1.165) is 12.1 Å². The molecule has 0 saturated carbocycles. The van der Waals surface area contributed by atoms with Crippen LogP contribution in [0.25, 0.3) is 0 Å². The molecule has 1 heterocycles. The Labute approximate surface area is 168 Å². The van der Waals surface area contributed by atoms with Crippen LogP contribution < -0.4 is 4.72 Å². The summed E-state index contributed by atoms with van der Waals surface area (Å²) >= 11 is 0. The SMILES string of the molecule is O=C(c1ccc(N[SH](=O)=O)cc1)N1CCCN(C(=O)c2c(F)cccc2F)CC1. The molecule has 1 fully saturated rings. The second-order valence-electron chi connectivity index (χ2n) is 6.48. The number of hydrogen-bond acceptors (Lipinski definition) is 4. The van der Waals surface area contributed by atoms with E-state index in [-0.39, 0.29) is 25.5 Å². The van der Waals surface area contributed by atoms with Gasteiger partial charge in [0.1, 0.15) is 17.2 Å². The third kappa shape index (κ3) is 4.89. The summed E-state index contributed by atoms with van der Waals surface area (Å²) in [6.45, 7) is 1.02. The first-order chi connectivity index (χ1) is 13.9. The molecule has 1 saturated heterocycles. The summed E-state index contributed by atoms with van der Waals surface area (Å²) in [5, 5.41) is 0. The molecule has 10 heteroatoms. The maximum Gasteiger partial charge on any atom is 0.259 e. The zero-order chi connectivity index (χ0) is 21.0. The van der Waals surface area contributed by atoms with Crippen molar-refractivity contribution in [3.05, 3.63) is 65.2 Å². The third-order valence-electron chi connectivity index (χ3n) is 4.60. The molecule has 7 nitrogen and oxygen atoms in total. The molecule has 0 unspecified atom stereocenters. The molecule has 0 bridgehead atoms. The van der Waals surface area contributed by atoms with E-state index in [2.05, 4.69) is 4.72 Å². The zero-order valence-corrected chi connectivity index (χ0v) is 16.2. The molecule has 3 rings (SSSR count). The summed E-state index contributed by atoms with van der Waals surface area (Å²) in [4.78, 5) is 28.2. The number of carbonyl (C=O) groups excluding carboxylic acids is 2. The summed E-state index contributed by atoms with van der Waals surface area (Å²) < 4.78 is 51.4. The van der Waals surface area contributed by atoms with Crippen molar-refractivity contribution < 1.29 is 26.8 Å². The Morgan fingerprint density at radius 2 is 1.38 bits per heavy atom. The largest absolute Gasteiger partial charge is 0.337 e. The standard InChI is InChI=1S/C19H19F2N3O4S/c20-15-3-1-4-16(21)17(15)19(26)24-10-2-9-23(11-12-24)18(25)13-5-7-14(8-6-13)22-29(27)28/h1,3-8,29H,2,9-12H2,(H,22,27,28). The van der Waals surface area contributed by atoms with E-state index in [0.29, 0.717) is 24.2 Å². The first-order valence-corrected chi connectivity index (χ1v) is 10.1. The van der Waals surface area contributed by atoms with Crippen LogP contribution >= 0.6 is 0 Å². The van der Waals surface area contributed by atoms with E-state index in [1.807, 2.05) is 0 Å². The lowest BCUT2D eigenvalue weighted by Crippen LogP contribution is -2.38. The fourth-order valence-corrected chi connectivity index (χ4v) is 3.52. The summed E-state index contributed by atoms with van der Waals surface area (Å²) in [5.41, 5.74) is 0.126. The number of nitrogens with zero attached hydrogens (tertiary/aromatic N) is 2. The number of carbonyl (C=O) groups is 2. The Kier molecular flexibility index (Phi) is 6.42. The number of benzene rings is 2. The van der Waals surface area contributed by atoms with Gasteiger partial charge in [0, 0.05) is 37.4 Å². The quantitative estimate of drug-likeness (QED) is 0.736. The Balaban J connectivity index is 1.68. The fourth-order valence-electron chi connectivity index (χ4n) is 3.16. The van der Waals surface area contributed by atoms with Gasteiger partial charge in [-0.25, -0.2) is 17.2 Å². The highest BCUT2D eigenvalue weighted by atomic mass is 32.2. The van der Waals surface area contributed by atoms with Crippen LogP contribution in [0.15, 0.2) is 42.5 Å². The summed E-state index contributed by atoms with van der Waals surface area (Å²) in [7, 11) is -2.79. The first-order valence-electron chi connectivity index (χ1n) is 8.90. The van der Waals surface area contributed by atoms with Gasteiger partial charge >= 0.3 is 0 Å². The predicted octanol–water partition coefficient (Wildman–Crippen LogP) is 1.89. The van der Waals surface area contributed by atoms with Gasteiger partial charge in [-0.15, -0.1) is 0 Å². The molecule has 29 heavy (non-hydrogen) atoms. The van der Waals surface area contributed by atoms with Gasteiger partial charge < -0.3 is 9.80 Å². The summed E-state index contributed by atoms with van der Waals surface area (Å²) in [6.07, 6.45) is 0.462. The molecule has 1 aliphatic rings. The number of nitrogens with one attached hydrogen (secondary N) is 1. The van der Waals surface area contributed by atoms with Crippen molar-refractivity contribution in [3.63, 3.8) is 0 Å². The van der Waals surface area contributed by atoms with E-state index < -0.39 is 34.0 Å².